The molecule has 0 N–H and O–H groups in total. The molecule has 1 saturated carbocycles. The highest BCUT2D eigenvalue weighted by Crippen LogP contribution is 2.27. The van der Waals surface area contributed by atoms with Gasteiger partial charge in [0.05, 0.1) is 0 Å². The van der Waals surface area contributed by atoms with Gasteiger partial charge in [0, 0.05) is 19.3 Å². The molecule has 1 fully saturated rings. The van der Waals surface area contributed by atoms with Crippen LogP contribution in [0.4, 0.5) is 13.2 Å². The molecule has 23 heavy (non-hydrogen) atoms. The lowest BCUT2D eigenvalue weighted by Gasteiger charge is -2.33. The van der Waals surface area contributed by atoms with Crippen LogP contribution in [0.1, 0.15) is 38.2 Å². The standard InChI is InChI=1S/C16H21F3N2O2/c1-11-5-7-12(8-6-11)20(2)14(22)10-21-9-3-4-13(15(21)23)16(17,18)19/h3-4,9,11-12H,5-8,10H2,1-2H3. The molecule has 0 aromatic carbocycles. The zero-order valence-corrected chi connectivity index (χ0v) is 13.3. The fourth-order valence-electron chi connectivity index (χ4n) is 2.97. The number of alkyl halides is 3. The number of carbonyl (C=O) groups excluding carboxylic acids is 1. The Kier molecular flexibility index (Phi) is 5.16. The minimum atomic E-state index is -4.71. The molecule has 1 aromatic rings. The van der Waals surface area contributed by atoms with E-state index in [9.17, 15) is 22.8 Å². The van der Waals surface area contributed by atoms with Crippen molar-refractivity contribution in [2.75, 3.05) is 7.05 Å². The van der Waals surface area contributed by atoms with Crippen LogP contribution in [0.2, 0.25) is 0 Å². The van der Waals surface area contributed by atoms with Crippen molar-refractivity contribution < 1.29 is 18.0 Å². The maximum atomic E-state index is 12.7. The molecule has 1 amide bonds. The van der Waals surface area contributed by atoms with Crippen molar-refractivity contribution in [3.05, 3.63) is 34.2 Å². The van der Waals surface area contributed by atoms with Crippen LogP contribution in [0, 0.1) is 5.92 Å². The zero-order chi connectivity index (χ0) is 17.2. The lowest BCUT2D eigenvalue weighted by molar-refractivity contribution is -0.140. The Morgan fingerprint density at radius 1 is 1.30 bits per heavy atom. The van der Waals surface area contributed by atoms with Crippen LogP contribution in [-0.4, -0.2) is 28.5 Å². The van der Waals surface area contributed by atoms with Crippen molar-refractivity contribution >= 4 is 5.91 Å². The Bertz CT molecular complexity index is 616. The molecular formula is C16H21F3N2O2. The first-order chi connectivity index (χ1) is 10.7. The maximum absolute atomic E-state index is 12.7. The summed E-state index contributed by atoms with van der Waals surface area (Å²) in [5, 5.41) is 0. The maximum Gasteiger partial charge on any atom is 0.421 e. The summed E-state index contributed by atoms with van der Waals surface area (Å²) in [5.41, 5.74) is -2.43. The van der Waals surface area contributed by atoms with E-state index in [2.05, 4.69) is 6.92 Å². The van der Waals surface area contributed by atoms with E-state index in [0.717, 1.165) is 42.4 Å². The molecule has 7 heteroatoms. The summed E-state index contributed by atoms with van der Waals surface area (Å²) in [4.78, 5) is 25.7. The minimum Gasteiger partial charge on any atom is -0.341 e. The molecule has 0 bridgehead atoms. The number of pyridine rings is 1. The van der Waals surface area contributed by atoms with Gasteiger partial charge < -0.3 is 9.47 Å². The van der Waals surface area contributed by atoms with Gasteiger partial charge in [0.2, 0.25) is 5.91 Å². The van der Waals surface area contributed by atoms with E-state index < -0.39 is 17.3 Å². The van der Waals surface area contributed by atoms with Crippen molar-refractivity contribution in [2.45, 2.75) is 51.4 Å². The predicted octanol–water partition coefficient (Wildman–Crippen LogP) is 2.90. The molecule has 1 heterocycles. The van der Waals surface area contributed by atoms with E-state index >= 15 is 0 Å². The van der Waals surface area contributed by atoms with Crippen LogP contribution >= 0.6 is 0 Å². The van der Waals surface area contributed by atoms with E-state index in [4.69, 9.17) is 0 Å². The van der Waals surface area contributed by atoms with Gasteiger partial charge >= 0.3 is 6.18 Å². The lowest BCUT2D eigenvalue weighted by Crippen LogP contribution is -2.42. The number of nitrogens with zero attached hydrogens (tertiary/aromatic N) is 2. The summed E-state index contributed by atoms with van der Waals surface area (Å²) in [5.74, 6) is 0.298. The van der Waals surface area contributed by atoms with Gasteiger partial charge in [-0.1, -0.05) is 6.92 Å². The normalized spacial score (nSPS) is 22.0. The lowest BCUT2D eigenvalue weighted by atomic mass is 9.87. The second-order valence-electron chi connectivity index (χ2n) is 6.27. The molecule has 1 aromatic heterocycles. The fraction of sp³-hybridized carbons (Fsp3) is 0.625. The van der Waals surface area contributed by atoms with Crippen LogP contribution < -0.4 is 5.56 Å². The molecule has 1 aliphatic rings. The highest BCUT2D eigenvalue weighted by Gasteiger charge is 2.34. The molecule has 0 spiro atoms. The van der Waals surface area contributed by atoms with Crippen molar-refractivity contribution in [1.29, 1.82) is 0 Å². The first kappa shape index (κ1) is 17.6. The molecule has 4 nitrogen and oxygen atoms in total. The number of amides is 1. The van der Waals surface area contributed by atoms with E-state index in [-0.39, 0.29) is 18.5 Å². The molecule has 1 aliphatic carbocycles. The van der Waals surface area contributed by atoms with Crippen LogP contribution in [0.15, 0.2) is 23.1 Å². The van der Waals surface area contributed by atoms with Gasteiger partial charge in [0.1, 0.15) is 12.1 Å². The van der Waals surface area contributed by atoms with Gasteiger partial charge in [-0.25, -0.2) is 0 Å². The molecule has 0 atom stereocenters. The monoisotopic (exact) mass is 330 g/mol. The van der Waals surface area contributed by atoms with E-state index in [1.165, 1.54) is 6.20 Å². The number of rotatable bonds is 3. The van der Waals surface area contributed by atoms with Crippen LogP contribution in [0.3, 0.4) is 0 Å². The molecule has 0 radical (unpaired) electrons. The highest BCUT2D eigenvalue weighted by atomic mass is 19.4. The molecule has 2 rings (SSSR count). The van der Waals surface area contributed by atoms with E-state index in [0.29, 0.717) is 5.92 Å². The Morgan fingerprint density at radius 3 is 2.48 bits per heavy atom. The highest BCUT2D eigenvalue weighted by molar-refractivity contribution is 5.76. The largest absolute Gasteiger partial charge is 0.421 e. The summed E-state index contributed by atoms with van der Waals surface area (Å²) in [6.45, 7) is 1.80. The average Bonchev–Trinajstić information content (AvgIpc) is 2.48. The van der Waals surface area contributed by atoms with Crippen LogP contribution in [0.25, 0.3) is 0 Å². The molecule has 0 saturated heterocycles. The predicted molar refractivity (Wildman–Crippen MR) is 79.9 cm³/mol. The quantitative estimate of drug-likeness (QED) is 0.855. The zero-order valence-electron chi connectivity index (χ0n) is 13.3. The summed E-state index contributed by atoms with van der Waals surface area (Å²) in [6.07, 6.45) is 0.347. The Labute approximate surface area is 132 Å². The third-order valence-corrected chi connectivity index (χ3v) is 4.56. The van der Waals surface area contributed by atoms with Crippen molar-refractivity contribution in [3.63, 3.8) is 0 Å². The summed E-state index contributed by atoms with van der Waals surface area (Å²) >= 11 is 0. The second-order valence-corrected chi connectivity index (χ2v) is 6.27. The summed E-state index contributed by atoms with van der Waals surface area (Å²) in [6, 6.07) is 1.97. The van der Waals surface area contributed by atoms with Crippen LogP contribution in [-0.2, 0) is 17.5 Å². The fourth-order valence-corrected chi connectivity index (χ4v) is 2.97. The van der Waals surface area contributed by atoms with Gasteiger partial charge in [-0.15, -0.1) is 0 Å². The number of halogens is 3. The SMILES string of the molecule is CC1CCC(N(C)C(=O)Cn2cccc(C(F)(F)F)c2=O)CC1. The Balaban J connectivity index is 2.10. The van der Waals surface area contributed by atoms with E-state index in [1.807, 2.05) is 0 Å². The minimum absolute atomic E-state index is 0.0974. The van der Waals surface area contributed by atoms with Crippen molar-refractivity contribution in [1.82, 2.24) is 9.47 Å². The van der Waals surface area contributed by atoms with Crippen molar-refractivity contribution in [2.24, 2.45) is 5.92 Å². The smallest absolute Gasteiger partial charge is 0.341 e. The topological polar surface area (TPSA) is 42.3 Å². The summed E-state index contributed by atoms with van der Waals surface area (Å²) < 4.78 is 39.1. The Hall–Kier alpha value is -1.79. The number of carbonyl (C=O) groups is 1. The summed E-state index contributed by atoms with van der Waals surface area (Å²) in [7, 11) is 1.65. The number of hydrogen-bond donors (Lipinski definition) is 0. The van der Waals surface area contributed by atoms with Gasteiger partial charge in [0.15, 0.2) is 0 Å². The number of aromatic nitrogens is 1. The third kappa shape index (κ3) is 4.14. The van der Waals surface area contributed by atoms with Crippen LogP contribution in [0.5, 0.6) is 0 Å². The van der Waals surface area contributed by atoms with Gasteiger partial charge in [-0.05, 0) is 43.7 Å². The average molecular weight is 330 g/mol. The number of hydrogen-bond acceptors (Lipinski definition) is 2. The van der Waals surface area contributed by atoms with E-state index in [1.54, 1.807) is 11.9 Å². The van der Waals surface area contributed by atoms with Gasteiger partial charge in [-0.3, -0.25) is 9.59 Å². The molecule has 0 aliphatic heterocycles. The van der Waals surface area contributed by atoms with Gasteiger partial charge in [0.25, 0.3) is 5.56 Å². The Morgan fingerprint density at radius 2 is 1.91 bits per heavy atom. The first-order valence-corrected chi connectivity index (χ1v) is 7.72. The third-order valence-electron chi connectivity index (χ3n) is 4.56. The van der Waals surface area contributed by atoms with Gasteiger partial charge in [-0.2, -0.15) is 13.2 Å². The molecule has 0 unspecified atom stereocenters. The van der Waals surface area contributed by atoms with Crippen molar-refractivity contribution in [3.8, 4) is 0 Å². The first-order valence-electron chi connectivity index (χ1n) is 7.72. The molecular weight excluding hydrogens is 309 g/mol. The second kappa shape index (κ2) is 6.76. The number of likely N-dealkylation sites (N-methyl/N-ethyl adjacent to an activating group) is 1. The molecule has 128 valence electrons.